The minimum Gasteiger partial charge on any atom is -0.495 e. The van der Waals surface area contributed by atoms with Crippen LogP contribution in [0.5, 0.6) is 5.75 Å². The van der Waals surface area contributed by atoms with Gasteiger partial charge in [0, 0.05) is 11.8 Å². The minimum absolute atomic E-state index is 0.277. The minimum atomic E-state index is -0.291. The standard InChI is InChI=1S/C21H22N4O2/c1-4-15-6-8-16(9-7-15)24-21(26)18-12-20(23-13-22-18)25-17-11-14(2)5-10-19(17)27-3/h5-13H,4H2,1-3H3,(H,24,26)(H,22,23,25). The maximum atomic E-state index is 12.5. The molecule has 2 N–H and O–H groups in total. The zero-order chi connectivity index (χ0) is 19.2. The van der Waals surface area contributed by atoms with E-state index >= 15 is 0 Å². The molecule has 0 fully saturated rings. The lowest BCUT2D eigenvalue weighted by Gasteiger charge is -2.12. The summed E-state index contributed by atoms with van der Waals surface area (Å²) >= 11 is 0. The average Bonchev–Trinajstić information content (AvgIpc) is 2.69. The third-order valence-electron chi connectivity index (χ3n) is 4.14. The zero-order valence-electron chi connectivity index (χ0n) is 15.6. The molecule has 0 radical (unpaired) electrons. The van der Waals surface area contributed by atoms with Crippen molar-refractivity contribution in [1.82, 2.24) is 9.97 Å². The van der Waals surface area contributed by atoms with Crippen LogP contribution in [0.3, 0.4) is 0 Å². The second kappa shape index (κ2) is 8.31. The molecule has 3 aromatic rings. The van der Waals surface area contributed by atoms with Crippen LogP contribution >= 0.6 is 0 Å². The van der Waals surface area contributed by atoms with E-state index in [1.807, 2.05) is 49.4 Å². The lowest BCUT2D eigenvalue weighted by Crippen LogP contribution is -2.14. The van der Waals surface area contributed by atoms with Crippen molar-refractivity contribution in [3.63, 3.8) is 0 Å². The molecule has 0 aliphatic heterocycles. The lowest BCUT2D eigenvalue weighted by atomic mass is 10.1. The van der Waals surface area contributed by atoms with Crippen LogP contribution in [0.2, 0.25) is 0 Å². The van der Waals surface area contributed by atoms with Gasteiger partial charge in [0.1, 0.15) is 23.6 Å². The number of hydrogen-bond donors (Lipinski definition) is 2. The largest absolute Gasteiger partial charge is 0.495 e. The maximum absolute atomic E-state index is 12.5. The molecular formula is C21H22N4O2. The second-order valence-corrected chi connectivity index (χ2v) is 6.12. The van der Waals surface area contributed by atoms with E-state index in [2.05, 4.69) is 27.5 Å². The third-order valence-corrected chi connectivity index (χ3v) is 4.14. The molecule has 1 heterocycles. The van der Waals surface area contributed by atoms with E-state index in [0.29, 0.717) is 11.6 Å². The van der Waals surface area contributed by atoms with Crippen molar-refractivity contribution in [2.45, 2.75) is 20.3 Å². The van der Waals surface area contributed by atoms with Gasteiger partial charge in [-0.2, -0.15) is 0 Å². The number of aromatic nitrogens is 2. The molecule has 1 aromatic heterocycles. The molecule has 0 aliphatic carbocycles. The van der Waals surface area contributed by atoms with Gasteiger partial charge in [-0.3, -0.25) is 4.79 Å². The Morgan fingerprint density at radius 2 is 1.85 bits per heavy atom. The Kier molecular flexibility index (Phi) is 5.66. The molecule has 0 atom stereocenters. The molecule has 0 unspecified atom stereocenters. The predicted molar refractivity (Wildman–Crippen MR) is 107 cm³/mol. The summed E-state index contributed by atoms with van der Waals surface area (Å²) in [5.41, 5.74) is 4.08. The molecule has 1 amide bonds. The molecule has 138 valence electrons. The fourth-order valence-corrected chi connectivity index (χ4v) is 2.63. The molecule has 0 spiro atoms. The summed E-state index contributed by atoms with van der Waals surface area (Å²) in [5.74, 6) is 0.919. The number of methoxy groups -OCH3 is 1. The van der Waals surface area contributed by atoms with Gasteiger partial charge >= 0.3 is 0 Å². The summed E-state index contributed by atoms with van der Waals surface area (Å²) in [6, 6.07) is 15.2. The van der Waals surface area contributed by atoms with Crippen molar-refractivity contribution in [2.24, 2.45) is 0 Å². The fourth-order valence-electron chi connectivity index (χ4n) is 2.63. The van der Waals surface area contributed by atoms with Crippen LogP contribution in [0.1, 0.15) is 28.5 Å². The quantitative estimate of drug-likeness (QED) is 0.682. The Morgan fingerprint density at radius 3 is 2.56 bits per heavy atom. The molecule has 27 heavy (non-hydrogen) atoms. The van der Waals surface area contributed by atoms with Crippen LogP contribution in [-0.2, 0) is 6.42 Å². The first-order chi connectivity index (χ1) is 13.1. The predicted octanol–water partition coefficient (Wildman–Crippen LogP) is 4.35. The number of hydrogen-bond acceptors (Lipinski definition) is 5. The van der Waals surface area contributed by atoms with Crippen LogP contribution in [0, 0.1) is 6.92 Å². The summed E-state index contributed by atoms with van der Waals surface area (Å²) in [5, 5.41) is 6.03. The highest BCUT2D eigenvalue weighted by atomic mass is 16.5. The first-order valence-corrected chi connectivity index (χ1v) is 8.73. The van der Waals surface area contributed by atoms with Crippen LogP contribution in [-0.4, -0.2) is 23.0 Å². The number of nitrogens with one attached hydrogen (secondary N) is 2. The molecule has 0 aliphatic rings. The Hall–Kier alpha value is -3.41. The first kappa shape index (κ1) is 18.4. The molecule has 3 rings (SSSR count). The average molecular weight is 362 g/mol. The number of carbonyl (C=O) groups is 1. The molecule has 6 heteroatoms. The van der Waals surface area contributed by atoms with Crippen LogP contribution in [0.4, 0.5) is 17.2 Å². The van der Waals surface area contributed by atoms with E-state index in [1.54, 1.807) is 13.2 Å². The van der Waals surface area contributed by atoms with E-state index < -0.39 is 0 Å². The number of amides is 1. The Balaban J connectivity index is 1.76. The van der Waals surface area contributed by atoms with Crippen molar-refractivity contribution >= 4 is 23.1 Å². The van der Waals surface area contributed by atoms with Crippen molar-refractivity contribution in [3.8, 4) is 5.75 Å². The topological polar surface area (TPSA) is 76.1 Å². The molecule has 0 saturated carbocycles. The van der Waals surface area contributed by atoms with Gasteiger partial charge in [-0.15, -0.1) is 0 Å². The SMILES string of the molecule is CCc1ccc(NC(=O)c2cc(Nc3cc(C)ccc3OC)ncn2)cc1. The van der Waals surface area contributed by atoms with Gasteiger partial charge in [-0.25, -0.2) is 9.97 Å². The normalized spacial score (nSPS) is 10.3. The Labute approximate surface area is 158 Å². The number of nitrogens with zero attached hydrogens (tertiary/aromatic N) is 2. The fraction of sp³-hybridized carbons (Fsp3) is 0.190. The van der Waals surface area contributed by atoms with E-state index in [4.69, 9.17) is 4.74 Å². The van der Waals surface area contributed by atoms with E-state index in [1.165, 1.54) is 11.9 Å². The number of ether oxygens (including phenoxy) is 1. The highest BCUT2D eigenvalue weighted by Crippen LogP contribution is 2.28. The van der Waals surface area contributed by atoms with E-state index in [0.717, 1.165) is 23.4 Å². The van der Waals surface area contributed by atoms with Crippen molar-refractivity contribution in [2.75, 3.05) is 17.7 Å². The van der Waals surface area contributed by atoms with Crippen molar-refractivity contribution in [3.05, 3.63) is 71.7 Å². The summed E-state index contributed by atoms with van der Waals surface area (Å²) in [6.07, 6.45) is 2.32. The third kappa shape index (κ3) is 4.61. The molecule has 6 nitrogen and oxygen atoms in total. The molecule has 0 bridgehead atoms. The summed E-state index contributed by atoms with van der Waals surface area (Å²) in [6.45, 7) is 4.08. The second-order valence-electron chi connectivity index (χ2n) is 6.12. The first-order valence-electron chi connectivity index (χ1n) is 8.73. The van der Waals surface area contributed by atoms with Crippen molar-refractivity contribution < 1.29 is 9.53 Å². The number of carbonyl (C=O) groups excluding carboxylic acids is 1. The highest BCUT2D eigenvalue weighted by Gasteiger charge is 2.11. The maximum Gasteiger partial charge on any atom is 0.274 e. The van der Waals surface area contributed by atoms with Gasteiger partial charge in [0.25, 0.3) is 5.91 Å². The van der Waals surface area contributed by atoms with Gasteiger partial charge < -0.3 is 15.4 Å². The number of rotatable bonds is 6. The van der Waals surface area contributed by atoms with Crippen LogP contribution in [0.15, 0.2) is 54.9 Å². The highest BCUT2D eigenvalue weighted by molar-refractivity contribution is 6.03. The van der Waals surface area contributed by atoms with E-state index in [9.17, 15) is 4.79 Å². The zero-order valence-corrected chi connectivity index (χ0v) is 15.6. The molecular weight excluding hydrogens is 340 g/mol. The summed E-state index contributed by atoms with van der Waals surface area (Å²) < 4.78 is 5.36. The monoisotopic (exact) mass is 362 g/mol. The van der Waals surface area contributed by atoms with Crippen molar-refractivity contribution in [1.29, 1.82) is 0 Å². The van der Waals surface area contributed by atoms with E-state index in [-0.39, 0.29) is 11.6 Å². The molecule has 0 saturated heterocycles. The van der Waals surface area contributed by atoms with Gasteiger partial charge in [0.15, 0.2) is 0 Å². The summed E-state index contributed by atoms with van der Waals surface area (Å²) in [4.78, 5) is 20.8. The lowest BCUT2D eigenvalue weighted by molar-refractivity contribution is 0.102. The molecule has 2 aromatic carbocycles. The smallest absolute Gasteiger partial charge is 0.274 e. The summed E-state index contributed by atoms with van der Waals surface area (Å²) in [7, 11) is 1.61. The number of anilines is 3. The van der Waals surface area contributed by atoms with Crippen LogP contribution in [0.25, 0.3) is 0 Å². The van der Waals surface area contributed by atoms with Gasteiger partial charge in [0.2, 0.25) is 0 Å². The van der Waals surface area contributed by atoms with Gasteiger partial charge in [-0.05, 0) is 48.7 Å². The Bertz CT molecular complexity index is 939. The number of aryl methyl sites for hydroxylation is 2. The van der Waals surface area contributed by atoms with Gasteiger partial charge in [-0.1, -0.05) is 25.1 Å². The van der Waals surface area contributed by atoms with Gasteiger partial charge in [0.05, 0.1) is 12.8 Å². The van der Waals surface area contributed by atoms with Crippen LogP contribution < -0.4 is 15.4 Å². The Morgan fingerprint density at radius 1 is 1.07 bits per heavy atom. The number of benzene rings is 2.